The van der Waals surface area contributed by atoms with Crippen LogP contribution in [0.5, 0.6) is 5.75 Å². The van der Waals surface area contributed by atoms with E-state index in [9.17, 15) is 13.9 Å². The summed E-state index contributed by atoms with van der Waals surface area (Å²) in [6.45, 7) is 1.08. The van der Waals surface area contributed by atoms with Gasteiger partial charge < -0.3 is 15.7 Å². The molecule has 3 nitrogen and oxygen atoms in total. The van der Waals surface area contributed by atoms with E-state index in [0.717, 1.165) is 0 Å². The fourth-order valence-corrected chi connectivity index (χ4v) is 2.37. The molecule has 0 amide bonds. The number of halogens is 2. The molecule has 1 heterocycles. The van der Waals surface area contributed by atoms with Crippen molar-refractivity contribution >= 4 is 5.69 Å². The molecule has 1 unspecified atom stereocenters. The molecule has 1 aliphatic rings. The maximum absolute atomic E-state index is 12.9. The summed E-state index contributed by atoms with van der Waals surface area (Å²) in [5.74, 6) is 0.180. The van der Waals surface area contributed by atoms with Gasteiger partial charge in [0.25, 0.3) is 6.43 Å². The topological polar surface area (TPSA) is 49.5 Å². The second-order valence-electron chi connectivity index (χ2n) is 4.86. The number of nitrogens with zero attached hydrogens (tertiary/aromatic N) is 1. The van der Waals surface area contributed by atoms with E-state index in [1.807, 2.05) is 11.0 Å². The lowest BCUT2D eigenvalue weighted by atomic mass is 9.92. The van der Waals surface area contributed by atoms with Gasteiger partial charge in [0, 0.05) is 13.1 Å². The molecular weight excluding hydrogens is 238 g/mol. The van der Waals surface area contributed by atoms with Crippen LogP contribution in [-0.4, -0.2) is 30.2 Å². The molecule has 1 saturated heterocycles. The third-order valence-corrected chi connectivity index (χ3v) is 3.57. The van der Waals surface area contributed by atoms with Crippen molar-refractivity contribution in [2.24, 2.45) is 5.73 Å². The standard InChI is InChI=1S/C13H18F2N2O/c14-12(15)13(16)6-3-8-17(9-7-13)10-4-1-2-5-11(10)18/h1-2,4-5,12,18H,3,6-9,16H2. The normalized spacial score (nSPS) is 25.2. The molecule has 0 aliphatic carbocycles. The summed E-state index contributed by atoms with van der Waals surface area (Å²) in [7, 11) is 0. The van der Waals surface area contributed by atoms with Gasteiger partial charge in [-0.3, -0.25) is 0 Å². The van der Waals surface area contributed by atoms with Crippen molar-refractivity contribution in [2.75, 3.05) is 18.0 Å². The molecule has 0 bridgehead atoms. The van der Waals surface area contributed by atoms with Crippen molar-refractivity contribution in [3.05, 3.63) is 24.3 Å². The molecule has 0 aromatic heterocycles. The zero-order valence-corrected chi connectivity index (χ0v) is 10.1. The van der Waals surface area contributed by atoms with Gasteiger partial charge in [-0.2, -0.15) is 0 Å². The molecule has 1 aromatic rings. The Morgan fingerprint density at radius 1 is 1.22 bits per heavy atom. The number of phenolic OH excluding ortho intramolecular Hbond substituents is 1. The zero-order chi connectivity index (χ0) is 13.2. The van der Waals surface area contributed by atoms with Crippen molar-refractivity contribution in [3.63, 3.8) is 0 Å². The maximum atomic E-state index is 12.9. The Kier molecular flexibility index (Phi) is 3.71. The summed E-state index contributed by atoms with van der Waals surface area (Å²) in [6, 6.07) is 6.95. The Labute approximate surface area is 105 Å². The molecule has 1 atom stereocenters. The van der Waals surface area contributed by atoms with Crippen LogP contribution in [0.3, 0.4) is 0 Å². The first-order valence-corrected chi connectivity index (χ1v) is 6.13. The quantitative estimate of drug-likeness (QED) is 0.854. The molecule has 100 valence electrons. The fourth-order valence-electron chi connectivity index (χ4n) is 2.37. The minimum Gasteiger partial charge on any atom is -0.506 e. The Hall–Kier alpha value is -1.36. The van der Waals surface area contributed by atoms with Crippen molar-refractivity contribution in [1.29, 1.82) is 0 Å². The summed E-state index contributed by atoms with van der Waals surface area (Å²) in [4.78, 5) is 1.92. The minimum absolute atomic E-state index is 0.180. The first-order valence-electron chi connectivity index (χ1n) is 6.13. The van der Waals surface area contributed by atoms with E-state index >= 15 is 0 Å². The van der Waals surface area contributed by atoms with Gasteiger partial charge in [-0.25, -0.2) is 8.78 Å². The molecule has 2 rings (SSSR count). The summed E-state index contributed by atoms with van der Waals surface area (Å²) in [6.07, 6.45) is -1.34. The number of alkyl halides is 2. The van der Waals surface area contributed by atoms with E-state index in [1.54, 1.807) is 18.2 Å². The summed E-state index contributed by atoms with van der Waals surface area (Å²) in [5, 5.41) is 9.77. The Balaban J connectivity index is 2.13. The average molecular weight is 256 g/mol. The molecule has 0 saturated carbocycles. The van der Waals surface area contributed by atoms with Crippen LogP contribution in [0.15, 0.2) is 24.3 Å². The fraction of sp³-hybridized carbons (Fsp3) is 0.538. The first-order chi connectivity index (χ1) is 8.53. The number of phenols is 1. The van der Waals surface area contributed by atoms with E-state index in [0.29, 0.717) is 31.6 Å². The largest absolute Gasteiger partial charge is 0.506 e. The van der Waals surface area contributed by atoms with E-state index in [2.05, 4.69) is 0 Å². The number of para-hydroxylation sites is 2. The Bertz CT molecular complexity index is 414. The second kappa shape index (κ2) is 5.10. The van der Waals surface area contributed by atoms with E-state index in [-0.39, 0.29) is 12.2 Å². The van der Waals surface area contributed by atoms with Gasteiger partial charge in [0.15, 0.2) is 0 Å². The summed E-state index contributed by atoms with van der Waals surface area (Å²) in [5.41, 5.74) is 5.04. The molecule has 1 fully saturated rings. The van der Waals surface area contributed by atoms with Crippen molar-refractivity contribution < 1.29 is 13.9 Å². The van der Waals surface area contributed by atoms with Gasteiger partial charge >= 0.3 is 0 Å². The number of aromatic hydroxyl groups is 1. The van der Waals surface area contributed by atoms with Crippen molar-refractivity contribution in [3.8, 4) is 5.75 Å². The highest BCUT2D eigenvalue weighted by atomic mass is 19.3. The number of hydrogen-bond donors (Lipinski definition) is 2. The maximum Gasteiger partial charge on any atom is 0.256 e. The molecule has 0 radical (unpaired) electrons. The second-order valence-corrected chi connectivity index (χ2v) is 4.86. The van der Waals surface area contributed by atoms with Crippen LogP contribution in [0.25, 0.3) is 0 Å². The predicted octanol–water partition coefficient (Wildman–Crippen LogP) is 2.35. The van der Waals surface area contributed by atoms with Gasteiger partial charge in [-0.15, -0.1) is 0 Å². The van der Waals surface area contributed by atoms with E-state index in [4.69, 9.17) is 5.73 Å². The monoisotopic (exact) mass is 256 g/mol. The SMILES string of the molecule is NC1(C(F)F)CCCN(c2ccccc2O)CC1. The molecule has 0 spiro atoms. The van der Waals surface area contributed by atoms with Crippen LogP contribution in [-0.2, 0) is 0 Å². The van der Waals surface area contributed by atoms with Gasteiger partial charge in [-0.05, 0) is 31.4 Å². The number of rotatable bonds is 2. The molecule has 3 N–H and O–H groups in total. The lowest BCUT2D eigenvalue weighted by Gasteiger charge is -2.27. The number of anilines is 1. The number of nitrogens with two attached hydrogens (primary N) is 1. The highest BCUT2D eigenvalue weighted by Crippen LogP contribution is 2.32. The van der Waals surface area contributed by atoms with Gasteiger partial charge in [0.1, 0.15) is 5.75 Å². The van der Waals surface area contributed by atoms with Crippen LogP contribution in [0.2, 0.25) is 0 Å². The Morgan fingerprint density at radius 2 is 1.94 bits per heavy atom. The molecule has 18 heavy (non-hydrogen) atoms. The number of benzene rings is 1. The lowest BCUT2D eigenvalue weighted by Crippen LogP contribution is -2.47. The van der Waals surface area contributed by atoms with Crippen LogP contribution in [0.4, 0.5) is 14.5 Å². The number of hydrogen-bond acceptors (Lipinski definition) is 3. The van der Waals surface area contributed by atoms with Crippen LogP contribution >= 0.6 is 0 Å². The zero-order valence-electron chi connectivity index (χ0n) is 10.1. The predicted molar refractivity (Wildman–Crippen MR) is 67.1 cm³/mol. The molecule has 1 aliphatic heterocycles. The third-order valence-electron chi connectivity index (χ3n) is 3.57. The molecule has 1 aromatic carbocycles. The molecule has 5 heteroatoms. The van der Waals surface area contributed by atoms with Crippen LogP contribution < -0.4 is 10.6 Å². The molecular formula is C13H18F2N2O. The Morgan fingerprint density at radius 3 is 2.61 bits per heavy atom. The van der Waals surface area contributed by atoms with Crippen molar-refractivity contribution in [1.82, 2.24) is 0 Å². The summed E-state index contributed by atoms with van der Waals surface area (Å²) >= 11 is 0. The third kappa shape index (κ3) is 2.56. The van der Waals surface area contributed by atoms with E-state index in [1.165, 1.54) is 0 Å². The van der Waals surface area contributed by atoms with E-state index < -0.39 is 12.0 Å². The van der Waals surface area contributed by atoms with Crippen LogP contribution in [0.1, 0.15) is 19.3 Å². The van der Waals surface area contributed by atoms with Gasteiger partial charge in [0.2, 0.25) is 0 Å². The van der Waals surface area contributed by atoms with Crippen LogP contribution in [0, 0.1) is 0 Å². The first kappa shape index (κ1) is 13.1. The highest BCUT2D eigenvalue weighted by Gasteiger charge is 2.37. The average Bonchev–Trinajstić information content (AvgIpc) is 2.53. The lowest BCUT2D eigenvalue weighted by molar-refractivity contribution is 0.0466. The van der Waals surface area contributed by atoms with Crippen molar-refractivity contribution in [2.45, 2.75) is 31.2 Å². The van der Waals surface area contributed by atoms with Gasteiger partial charge in [0.05, 0.1) is 11.2 Å². The smallest absolute Gasteiger partial charge is 0.256 e. The minimum atomic E-state index is -2.50. The highest BCUT2D eigenvalue weighted by molar-refractivity contribution is 5.57. The summed E-state index contributed by atoms with van der Waals surface area (Å²) < 4.78 is 25.8. The van der Waals surface area contributed by atoms with Gasteiger partial charge in [-0.1, -0.05) is 12.1 Å².